The van der Waals surface area contributed by atoms with Gasteiger partial charge in [0.05, 0.1) is 24.5 Å². The van der Waals surface area contributed by atoms with Crippen molar-refractivity contribution in [2.24, 2.45) is 0 Å². The Morgan fingerprint density at radius 2 is 1.88 bits per heavy atom. The summed E-state index contributed by atoms with van der Waals surface area (Å²) in [5, 5.41) is 17.2. The molecule has 0 aliphatic carbocycles. The number of hydrogen-bond acceptors (Lipinski definition) is 7. The first-order valence-electron chi connectivity index (χ1n) is 10.2. The molecule has 3 N–H and O–H groups in total. The number of nitrogens with zero attached hydrogens (tertiary/aromatic N) is 5. The Morgan fingerprint density at radius 3 is 2.76 bits per heavy atom. The Kier molecular flexibility index (Phi) is 4.25. The Hall–Kier alpha value is -4.79. The average molecular weight is 435 g/mol. The van der Waals surface area contributed by atoms with Crippen molar-refractivity contribution in [1.82, 2.24) is 35.1 Å². The zero-order valence-corrected chi connectivity index (χ0v) is 17.4. The molecular weight excluding hydrogens is 418 g/mol. The van der Waals surface area contributed by atoms with Gasteiger partial charge in [-0.15, -0.1) is 0 Å². The predicted molar refractivity (Wildman–Crippen MR) is 124 cm³/mol. The summed E-state index contributed by atoms with van der Waals surface area (Å²) in [4.78, 5) is 21.3. The molecule has 1 aromatic carbocycles. The topological polar surface area (TPSA) is 125 Å². The Morgan fingerprint density at radius 1 is 0.939 bits per heavy atom. The molecule has 9 heteroatoms. The normalized spacial score (nSPS) is 11.3. The molecule has 0 amide bonds. The Bertz CT molecular complexity index is 1640. The fraction of sp³-hybridized carbons (Fsp3) is 0.0417. The molecular formula is C24H17N7O2. The Balaban J connectivity index is 1.49. The zero-order chi connectivity index (χ0) is 22.4. The SMILES string of the molecule is COc1cccc(-c2ccnc3[nH]c(-c4n[nH]c5ccc(-c6cncc(O)c6)nc45)nc23)c1. The lowest BCUT2D eigenvalue weighted by Crippen LogP contribution is -1.88. The van der Waals surface area contributed by atoms with Crippen molar-refractivity contribution in [3.05, 3.63) is 67.1 Å². The number of imidazole rings is 1. The van der Waals surface area contributed by atoms with Gasteiger partial charge in [0.15, 0.2) is 17.2 Å². The largest absolute Gasteiger partial charge is 0.506 e. The van der Waals surface area contributed by atoms with Gasteiger partial charge in [-0.25, -0.2) is 15.0 Å². The third-order valence-electron chi connectivity index (χ3n) is 5.42. The number of methoxy groups -OCH3 is 1. The minimum Gasteiger partial charge on any atom is -0.506 e. The lowest BCUT2D eigenvalue weighted by molar-refractivity contribution is 0.415. The first-order chi connectivity index (χ1) is 16.2. The van der Waals surface area contributed by atoms with Crippen LogP contribution in [-0.2, 0) is 0 Å². The molecule has 33 heavy (non-hydrogen) atoms. The van der Waals surface area contributed by atoms with Crippen LogP contribution in [-0.4, -0.2) is 47.3 Å². The fourth-order valence-electron chi connectivity index (χ4n) is 3.84. The summed E-state index contributed by atoms with van der Waals surface area (Å²) in [6, 6.07) is 15.1. The number of aromatic hydroxyl groups is 1. The van der Waals surface area contributed by atoms with Crippen molar-refractivity contribution in [1.29, 1.82) is 0 Å². The molecule has 5 heterocycles. The van der Waals surface area contributed by atoms with E-state index in [-0.39, 0.29) is 5.75 Å². The fourth-order valence-corrected chi connectivity index (χ4v) is 3.84. The number of nitrogens with one attached hydrogen (secondary N) is 2. The van der Waals surface area contributed by atoms with Gasteiger partial charge < -0.3 is 14.8 Å². The average Bonchev–Trinajstić information content (AvgIpc) is 3.47. The van der Waals surface area contributed by atoms with Gasteiger partial charge in [-0.2, -0.15) is 5.10 Å². The molecule has 0 unspecified atom stereocenters. The number of H-pyrrole nitrogens is 2. The highest BCUT2D eigenvalue weighted by Crippen LogP contribution is 2.32. The van der Waals surface area contributed by atoms with Crippen LogP contribution in [0.3, 0.4) is 0 Å². The van der Waals surface area contributed by atoms with Crippen LogP contribution in [0.25, 0.3) is 56.1 Å². The summed E-state index contributed by atoms with van der Waals surface area (Å²) in [6.07, 6.45) is 4.78. The summed E-state index contributed by atoms with van der Waals surface area (Å²) in [7, 11) is 1.64. The molecule has 0 bridgehead atoms. The maximum absolute atomic E-state index is 9.78. The van der Waals surface area contributed by atoms with Gasteiger partial charge in [0.1, 0.15) is 22.5 Å². The van der Waals surface area contributed by atoms with Crippen molar-refractivity contribution in [2.75, 3.05) is 7.11 Å². The van der Waals surface area contributed by atoms with E-state index in [9.17, 15) is 5.11 Å². The van der Waals surface area contributed by atoms with E-state index in [4.69, 9.17) is 14.7 Å². The molecule has 0 spiro atoms. The molecule has 6 rings (SSSR count). The smallest absolute Gasteiger partial charge is 0.162 e. The van der Waals surface area contributed by atoms with Crippen LogP contribution in [0, 0.1) is 0 Å². The summed E-state index contributed by atoms with van der Waals surface area (Å²) in [6.45, 7) is 0. The summed E-state index contributed by atoms with van der Waals surface area (Å²) in [5.41, 5.74) is 6.65. The van der Waals surface area contributed by atoms with E-state index in [1.54, 1.807) is 25.6 Å². The number of pyridine rings is 3. The first-order valence-corrected chi connectivity index (χ1v) is 10.2. The molecule has 0 aliphatic heterocycles. The second kappa shape index (κ2) is 7.41. The van der Waals surface area contributed by atoms with Gasteiger partial charge in [0.2, 0.25) is 0 Å². The molecule has 0 saturated carbocycles. The van der Waals surface area contributed by atoms with Gasteiger partial charge in [-0.3, -0.25) is 10.1 Å². The van der Waals surface area contributed by atoms with Crippen molar-refractivity contribution in [3.63, 3.8) is 0 Å². The van der Waals surface area contributed by atoms with Crippen molar-refractivity contribution in [3.8, 4) is 45.4 Å². The van der Waals surface area contributed by atoms with Crippen LogP contribution in [0.2, 0.25) is 0 Å². The standard InChI is InChI=1S/C24H17N7O2/c1-33-16-4-2-3-13(10-16)17-7-8-26-23-20(17)28-24(29-23)22-21-19(30-31-22)6-5-18(27-21)14-9-15(32)12-25-11-14/h2-12,32H,1H3,(H,30,31)(H,26,28,29). The lowest BCUT2D eigenvalue weighted by atomic mass is 10.1. The molecule has 0 aliphatic rings. The van der Waals surface area contributed by atoms with Gasteiger partial charge >= 0.3 is 0 Å². The predicted octanol–water partition coefficient (Wildman–Crippen LogP) is 4.34. The number of rotatable bonds is 4. The van der Waals surface area contributed by atoms with Crippen LogP contribution in [0.1, 0.15) is 0 Å². The highest BCUT2D eigenvalue weighted by molar-refractivity contribution is 5.95. The monoisotopic (exact) mass is 435 g/mol. The molecule has 0 radical (unpaired) electrons. The van der Waals surface area contributed by atoms with E-state index >= 15 is 0 Å². The summed E-state index contributed by atoms with van der Waals surface area (Å²) < 4.78 is 5.37. The van der Waals surface area contributed by atoms with E-state index in [0.717, 1.165) is 27.9 Å². The number of hydrogen-bond donors (Lipinski definition) is 3. The molecule has 0 saturated heterocycles. The second-order valence-electron chi connectivity index (χ2n) is 7.47. The van der Waals surface area contributed by atoms with E-state index in [0.29, 0.717) is 33.9 Å². The molecule has 0 fully saturated rings. The van der Waals surface area contributed by atoms with Crippen LogP contribution < -0.4 is 4.74 Å². The third kappa shape index (κ3) is 3.23. The molecule has 6 aromatic rings. The zero-order valence-electron chi connectivity index (χ0n) is 17.4. The van der Waals surface area contributed by atoms with Crippen LogP contribution >= 0.6 is 0 Å². The number of aromatic nitrogens is 7. The number of ether oxygens (including phenoxy) is 1. The van der Waals surface area contributed by atoms with Crippen LogP contribution in [0.5, 0.6) is 11.5 Å². The molecule has 160 valence electrons. The summed E-state index contributed by atoms with van der Waals surface area (Å²) in [5.74, 6) is 1.40. The molecule has 5 aromatic heterocycles. The van der Waals surface area contributed by atoms with Crippen molar-refractivity contribution in [2.45, 2.75) is 0 Å². The maximum Gasteiger partial charge on any atom is 0.162 e. The Labute approximate surface area is 187 Å². The highest BCUT2D eigenvalue weighted by Gasteiger charge is 2.17. The number of aromatic amines is 2. The van der Waals surface area contributed by atoms with Gasteiger partial charge in [-0.05, 0) is 42.0 Å². The van der Waals surface area contributed by atoms with E-state index in [2.05, 4.69) is 25.1 Å². The van der Waals surface area contributed by atoms with Crippen LogP contribution in [0.15, 0.2) is 67.1 Å². The van der Waals surface area contributed by atoms with E-state index in [1.165, 1.54) is 6.20 Å². The number of benzene rings is 1. The lowest BCUT2D eigenvalue weighted by Gasteiger charge is -2.05. The molecule has 0 atom stereocenters. The quantitative estimate of drug-likeness (QED) is 0.376. The van der Waals surface area contributed by atoms with Crippen molar-refractivity contribution >= 4 is 22.2 Å². The second-order valence-corrected chi connectivity index (χ2v) is 7.47. The van der Waals surface area contributed by atoms with Crippen LogP contribution in [0.4, 0.5) is 0 Å². The molecule has 9 nitrogen and oxygen atoms in total. The third-order valence-corrected chi connectivity index (χ3v) is 5.42. The minimum atomic E-state index is 0.0789. The van der Waals surface area contributed by atoms with Gasteiger partial charge in [0, 0.05) is 23.5 Å². The van der Waals surface area contributed by atoms with Gasteiger partial charge in [0.25, 0.3) is 0 Å². The number of fused-ring (bicyclic) bond motifs is 2. The van der Waals surface area contributed by atoms with Gasteiger partial charge in [-0.1, -0.05) is 12.1 Å². The summed E-state index contributed by atoms with van der Waals surface area (Å²) >= 11 is 0. The van der Waals surface area contributed by atoms with E-state index in [1.807, 2.05) is 42.5 Å². The maximum atomic E-state index is 9.78. The first kappa shape index (κ1) is 18.9. The van der Waals surface area contributed by atoms with Crippen molar-refractivity contribution < 1.29 is 9.84 Å². The highest BCUT2D eigenvalue weighted by atomic mass is 16.5. The van der Waals surface area contributed by atoms with E-state index < -0.39 is 0 Å². The minimum absolute atomic E-state index is 0.0789.